The van der Waals surface area contributed by atoms with Crippen LogP contribution in [-0.4, -0.2) is 101 Å². The average molecular weight is 442 g/mol. The first-order valence-corrected chi connectivity index (χ1v) is 11.8. The van der Waals surface area contributed by atoms with Gasteiger partial charge in [-0.2, -0.15) is 4.31 Å². The van der Waals surface area contributed by atoms with Gasteiger partial charge in [0, 0.05) is 38.9 Å². The molecule has 1 saturated heterocycles. The van der Waals surface area contributed by atoms with E-state index in [1.807, 2.05) is 27.9 Å². The van der Waals surface area contributed by atoms with Gasteiger partial charge in [0.2, 0.25) is 10.0 Å². The number of benzene rings is 1. The summed E-state index contributed by atoms with van der Waals surface area (Å²) in [6, 6.07) is 6.32. The van der Waals surface area contributed by atoms with Crippen molar-refractivity contribution in [3.8, 4) is 0 Å². The number of hydrogen-bond acceptors (Lipinski definition) is 6. The van der Waals surface area contributed by atoms with E-state index in [0.29, 0.717) is 38.3 Å². The van der Waals surface area contributed by atoms with E-state index in [-0.39, 0.29) is 23.0 Å². The topological polar surface area (TPSA) is 79.4 Å². The summed E-state index contributed by atoms with van der Waals surface area (Å²) < 4.78 is 38.6. The highest BCUT2D eigenvalue weighted by Crippen LogP contribution is 2.22. The highest BCUT2D eigenvalue weighted by atomic mass is 32.2. The number of methoxy groups -OCH3 is 1. The zero-order chi connectivity index (χ0) is 22.3. The third-order valence-corrected chi connectivity index (χ3v) is 6.82. The normalized spacial score (nSPS) is 20.5. The molecule has 0 bridgehead atoms. The third-order valence-electron chi connectivity index (χ3n) is 4.99. The van der Waals surface area contributed by atoms with Crippen LogP contribution in [-0.2, 0) is 19.5 Å². The molecule has 0 aliphatic carbocycles. The van der Waals surface area contributed by atoms with Crippen molar-refractivity contribution in [1.29, 1.82) is 0 Å². The maximum Gasteiger partial charge on any atom is 0.253 e. The van der Waals surface area contributed by atoms with Crippen molar-refractivity contribution < 1.29 is 22.7 Å². The molecule has 1 aliphatic rings. The number of carbonyl (C=O) groups is 1. The van der Waals surface area contributed by atoms with Crippen LogP contribution in [0, 0.1) is 0 Å². The highest BCUT2D eigenvalue weighted by molar-refractivity contribution is 7.89. The Kier molecular flexibility index (Phi) is 9.24. The molecule has 2 rings (SSSR count). The van der Waals surface area contributed by atoms with Crippen molar-refractivity contribution in [3.05, 3.63) is 29.8 Å². The van der Waals surface area contributed by atoms with E-state index in [9.17, 15) is 13.2 Å². The van der Waals surface area contributed by atoms with Gasteiger partial charge in [0.1, 0.15) is 0 Å². The molecular formula is C21H35N3O5S. The highest BCUT2D eigenvalue weighted by Gasteiger charge is 2.32. The number of nitrogens with zero attached hydrogens (tertiary/aromatic N) is 3. The number of carbonyl (C=O) groups excluding carboxylic acids is 1. The van der Waals surface area contributed by atoms with Crippen molar-refractivity contribution in [2.24, 2.45) is 0 Å². The Morgan fingerprint density at radius 3 is 2.43 bits per heavy atom. The maximum absolute atomic E-state index is 13.2. The van der Waals surface area contributed by atoms with Gasteiger partial charge in [0.05, 0.1) is 23.7 Å². The lowest BCUT2D eigenvalue weighted by Gasteiger charge is -2.34. The van der Waals surface area contributed by atoms with E-state index < -0.39 is 10.0 Å². The van der Waals surface area contributed by atoms with Gasteiger partial charge in [-0.3, -0.25) is 4.79 Å². The molecule has 1 amide bonds. The van der Waals surface area contributed by atoms with Gasteiger partial charge in [-0.1, -0.05) is 6.07 Å². The van der Waals surface area contributed by atoms with Gasteiger partial charge >= 0.3 is 0 Å². The Morgan fingerprint density at radius 1 is 1.17 bits per heavy atom. The molecule has 1 aromatic rings. The maximum atomic E-state index is 13.2. The largest absolute Gasteiger partial charge is 0.383 e. The Hall–Kier alpha value is -1.52. The van der Waals surface area contributed by atoms with Crippen molar-refractivity contribution in [2.45, 2.75) is 37.4 Å². The molecule has 1 fully saturated rings. The summed E-state index contributed by atoms with van der Waals surface area (Å²) in [5.74, 6) is -0.188. The molecule has 0 unspecified atom stereocenters. The lowest BCUT2D eigenvalue weighted by Crippen LogP contribution is -2.48. The molecule has 1 aromatic carbocycles. The van der Waals surface area contributed by atoms with Crippen molar-refractivity contribution in [3.63, 3.8) is 0 Å². The second kappa shape index (κ2) is 11.2. The summed E-state index contributed by atoms with van der Waals surface area (Å²) in [5, 5.41) is 0. The Bertz CT molecular complexity index is 790. The van der Waals surface area contributed by atoms with Crippen LogP contribution in [0.3, 0.4) is 0 Å². The van der Waals surface area contributed by atoms with E-state index >= 15 is 0 Å². The summed E-state index contributed by atoms with van der Waals surface area (Å²) in [7, 11) is 1.87. The summed E-state index contributed by atoms with van der Waals surface area (Å²) in [5.41, 5.74) is 0.367. The van der Waals surface area contributed by atoms with E-state index in [1.54, 1.807) is 30.2 Å². The second-order valence-electron chi connectivity index (χ2n) is 8.05. The van der Waals surface area contributed by atoms with Crippen molar-refractivity contribution >= 4 is 15.9 Å². The summed E-state index contributed by atoms with van der Waals surface area (Å²) in [6.07, 6.45) is 0.480. The van der Waals surface area contributed by atoms with Crippen LogP contribution in [0.5, 0.6) is 0 Å². The number of amides is 1. The van der Waals surface area contributed by atoms with Crippen LogP contribution >= 0.6 is 0 Å². The number of morpholine rings is 1. The third kappa shape index (κ3) is 6.75. The molecular weight excluding hydrogens is 406 g/mol. The van der Waals surface area contributed by atoms with Crippen LogP contribution in [0.25, 0.3) is 0 Å². The Balaban J connectivity index is 2.21. The van der Waals surface area contributed by atoms with E-state index in [0.717, 1.165) is 13.0 Å². The quantitative estimate of drug-likeness (QED) is 0.548. The predicted molar refractivity (Wildman–Crippen MR) is 116 cm³/mol. The van der Waals surface area contributed by atoms with Crippen LogP contribution in [0.2, 0.25) is 0 Å². The van der Waals surface area contributed by atoms with Crippen LogP contribution < -0.4 is 0 Å². The zero-order valence-electron chi connectivity index (χ0n) is 18.7. The molecule has 0 N–H and O–H groups in total. The number of ether oxygens (including phenoxy) is 2. The summed E-state index contributed by atoms with van der Waals surface area (Å²) in [6.45, 7) is 6.64. The minimum absolute atomic E-state index is 0.134. The lowest BCUT2D eigenvalue weighted by molar-refractivity contribution is -0.0440. The van der Waals surface area contributed by atoms with Gasteiger partial charge < -0.3 is 19.3 Å². The first-order valence-electron chi connectivity index (χ1n) is 10.3. The van der Waals surface area contributed by atoms with E-state index in [4.69, 9.17) is 9.47 Å². The smallest absolute Gasteiger partial charge is 0.253 e. The monoisotopic (exact) mass is 441 g/mol. The molecule has 9 heteroatoms. The fourth-order valence-electron chi connectivity index (χ4n) is 3.54. The molecule has 0 saturated carbocycles. The fourth-order valence-corrected chi connectivity index (χ4v) is 5.18. The zero-order valence-corrected chi connectivity index (χ0v) is 19.5. The molecule has 0 radical (unpaired) electrons. The first kappa shape index (κ1) is 24.7. The van der Waals surface area contributed by atoms with Gasteiger partial charge in [-0.05, 0) is 59.1 Å². The number of sulfonamides is 1. The number of hydrogen-bond donors (Lipinski definition) is 0. The molecule has 170 valence electrons. The lowest BCUT2D eigenvalue weighted by atomic mass is 10.2. The molecule has 1 heterocycles. The molecule has 1 aliphatic heterocycles. The molecule has 8 nitrogen and oxygen atoms in total. The standard InChI is InChI=1S/C21H35N3O5S/c1-17-15-24(16-18(2)29-17)30(26,27)20-9-6-8-19(14-20)21(25)23(12-13-28-5)11-7-10-22(3)4/h6,8-9,14,17-18H,7,10-13,15-16H2,1-5H3/t17-,18+. The minimum atomic E-state index is -3.70. The summed E-state index contributed by atoms with van der Waals surface area (Å²) in [4.78, 5) is 17.0. The van der Waals surface area contributed by atoms with E-state index in [2.05, 4.69) is 4.90 Å². The van der Waals surface area contributed by atoms with Gasteiger partial charge in [0.15, 0.2) is 0 Å². The summed E-state index contributed by atoms with van der Waals surface area (Å²) >= 11 is 0. The Labute approximate surface area is 180 Å². The number of rotatable bonds is 10. The van der Waals surface area contributed by atoms with Crippen LogP contribution in [0.1, 0.15) is 30.6 Å². The Morgan fingerprint density at radius 2 is 1.83 bits per heavy atom. The predicted octanol–water partition coefficient (Wildman–Crippen LogP) is 1.52. The van der Waals surface area contributed by atoms with Gasteiger partial charge in [-0.15, -0.1) is 0 Å². The van der Waals surface area contributed by atoms with Gasteiger partial charge in [0.25, 0.3) is 5.91 Å². The van der Waals surface area contributed by atoms with Crippen LogP contribution in [0.15, 0.2) is 29.2 Å². The first-order chi connectivity index (χ1) is 14.1. The average Bonchev–Trinajstić information content (AvgIpc) is 2.69. The molecule has 0 aromatic heterocycles. The van der Waals surface area contributed by atoms with Gasteiger partial charge in [-0.25, -0.2) is 8.42 Å². The second-order valence-corrected chi connectivity index (χ2v) is 9.99. The minimum Gasteiger partial charge on any atom is -0.383 e. The van der Waals surface area contributed by atoms with Crippen LogP contribution in [0.4, 0.5) is 0 Å². The fraction of sp³-hybridized carbons (Fsp3) is 0.667. The van der Waals surface area contributed by atoms with E-state index in [1.165, 1.54) is 10.4 Å². The molecule has 0 spiro atoms. The molecule has 2 atom stereocenters. The SMILES string of the molecule is COCCN(CCCN(C)C)C(=O)c1cccc(S(=O)(=O)N2C[C@@H](C)O[C@@H](C)C2)c1. The van der Waals surface area contributed by atoms with Crippen molar-refractivity contribution in [1.82, 2.24) is 14.1 Å². The molecule has 30 heavy (non-hydrogen) atoms. The van der Waals surface area contributed by atoms with Crippen molar-refractivity contribution in [2.75, 3.05) is 60.5 Å².